The van der Waals surface area contributed by atoms with Crippen molar-refractivity contribution in [1.82, 2.24) is 0 Å². The van der Waals surface area contributed by atoms with Crippen LogP contribution in [-0.2, 0) is 11.2 Å². The number of benzene rings is 1. The summed E-state index contributed by atoms with van der Waals surface area (Å²) in [7, 11) is 0. The molecule has 1 aliphatic rings. The topological polar surface area (TPSA) is 46.5 Å². The van der Waals surface area contributed by atoms with Crippen molar-refractivity contribution in [3.8, 4) is 17.6 Å². The third kappa shape index (κ3) is 4.28. The molecule has 2 atom stereocenters. The minimum absolute atomic E-state index is 0.0578. The van der Waals surface area contributed by atoms with Gasteiger partial charge in [-0.3, -0.25) is 4.79 Å². The Balaban J connectivity index is 2.44. The summed E-state index contributed by atoms with van der Waals surface area (Å²) >= 11 is 11.5. The molecule has 0 aliphatic carbocycles. The number of carboxylic acids is 1. The van der Waals surface area contributed by atoms with E-state index in [1.54, 1.807) is 0 Å². The molecule has 0 bridgehead atoms. The van der Waals surface area contributed by atoms with E-state index in [0.29, 0.717) is 24.3 Å². The van der Waals surface area contributed by atoms with Crippen molar-refractivity contribution in [3.63, 3.8) is 0 Å². The molecule has 1 N–H and O–H groups in total. The molecule has 0 amide bonds. The number of carbonyl (C=O) groups is 1. The molecule has 24 heavy (non-hydrogen) atoms. The standard InChI is InChI=1S/C16H13Cl2F3O3/c17-5-3-1-2-4-9-6-11(18)7-10-8-12(15(22)23)14(16(19,20)21)24-13(9)10/h6-7,12,14H,1,3,5,8H2,(H,22,23)/t12-,14+/m1/s1. The number of fused-ring (bicyclic) bond motifs is 1. The molecular formula is C16H13Cl2F3O3. The van der Waals surface area contributed by atoms with E-state index >= 15 is 0 Å². The summed E-state index contributed by atoms with van der Waals surface area (Å²) in [6.45, 7) is 0. The number of hydrogen-bond donors (Lipinski definition) is 1. The number of halogens is 5. The molecular weight excluding hydrogens is 368 g/mol. The molecule has 0 spiro atoms. The zero-order valence-corrected chi connectivity index (χ0v) is 13.8. The zero-order valence-electron chi connectivity index (χ0n) is 12.3. The maximum Gasteiger partial charge on any atom is 0.426 e. The van der Waals surface area contributed by atoms with E-state index in [0.717, 1.165) is 0 Å². The Bertz CT molecular complexity index is 692. The van der Waals surface area contributed by atoms with E-state index in [4.69, 9.17) is 33.0 Å². The quantitative estimate of drug-likeness (QED) is 0.483. The van der Waals surface area contributed by atoms with Crippen LogP contribution >= 0.6 is 23.2 Å². The molecule has 1 aromatic carbocycles. The van der Waals surface area contributed by atoms with Gasteiger partial charge in [-0.2, -0.15) is 13.2 Å². The van der Waals surface area contributed by atoms with Crippen LogP contribution in [0.25, 0.3) is 0 Å². The van der Waals surface area contributed by atoms with E-state index in [-0.39, 0.29) is 22.8 Å². The molecule has 0 aromatic heterocycles. The smallest absolute Gasteiger partial charge is 0.426 e. The van der Waals surface area contributed by atoms with Gasteiger partial charge in [-0.05, 0) is 30.5 Å². The van der Waals surface area contributed by atoms with Crippen LogP contribution in [0.2, 0.25) is 5.02 Å². The summed E-state index contributed by atoms with van der Waals surface area (Å²) in [5.41, 5.74) is 0.516. The average molecular weight is 381 g/mol. The molecule has 8 heteroatoms. The lowest BCUT2D eigenvalue weighted by molar-refractivity contribution is -0.217. The summed E-state index contributed by atoms with van der Waals surface area (Å²) in [6, 6.07) is 2.81. The van der Waals surface area contributed by atoms with Gasteiger partial charge < -0.3 is 9.84 Å². The molecule has 0 fully saturated rings. The first-order valence-electron chi connectivity index (χ1n) is 7.07. The molecule has 0 unspecified atom stereocenters. The maximum atomic E-state index is 13.1. The van der Waals surface area contributed by atoms with Crippen LogP contribution in [0.5, 0.6) is 5.75 Å². The van der Waals surface area contributed by atoms with Crippen molar-refractivity contribution < 1.29 is 27.8 Å². The van der Waals surface area contributed by atoms with Gasteiger partial charge in [0.2, 0.25) is 6.10 Å². The van der Waals surface area contributed by atoms with Gasteiger partial charge in [0.05, 0.1) is 5.56 Å². The fourth-order valence-electron chi connectivity index (χ4n) is 2.41. The van der Waals surface area contributed by atoms with Gasteiger partial charge in [0, 0.05) is 17.3 Å². The second-order valence-corrected chi connectivity index (χ2v) is 6.08. The highest BCUT2D eigenvalue weighted by atomic mass is 35.5. The fourth-order valence-corrected chi connectivity index (χ4v) is 2.79. The third-order valence-corrected chi connectivity index (χ3v) is 3.96. The van der Waals surface area contributed by atoms with Crippen molar-refractivity contribution >= 4 is 29.2 Å². The molecule has 0 radical (unpaired) electrons. The van der Waals surface area contributed by atoms with Crippen molar-refractivity contribution in [3.05, 3.63) is 28.3 Å². The minimum atomic E-state index is -4.80. The third-order valence-electron chi connectivity index (χ3n) is 3.48. The molecule has 0 saturated heterocycles. The number of rotatable bonds is 3. The first kappa shape index (κ1) is 18.8. The zero-order chi connectivity index (χ0) is 17.9. The fraction of sp³-hybridized carbons (Fsp3) is 0.438. The number of ether oxygens (including phenoxy) is 1. The van der Waals surface area contributed by atoms with E-state index in [9.17, 15) is 18.0 Å². The molecule has 1 aliphatic heterocycles. The number of aliphatic carboxylic acids is 1. The van der Waals surface area contributed by atoms with Crippen molar-refractivity contribution in [1.29, 1.82) is 0 Å². The van der Waals surface area contributed by atoms with Crippen LogP contribution < -0.4 is 4.74 Å². The summed E-state index contributed by atoms with van der Waals surface area (Å²) in [6.07, 6.45) is -6.43. The Hall–Kier alpha value is -1.58. The number of alkyl halides is 4. The van der Waals surface area contributed by atoms with Crippen molar-refractivity contribution in [2.45, 2.75) is 31.5 Å². The molecule has 3 nitrogen and oxygen atoms in total. The van der Waals surface area contributed by atoms with Gasteiger partial charge in [-0.25, -0.2) is 0 Å². The lowest BCUT2D eigenvalue weighted by atomic mass is 9.89. The second kappa shape index (κ2) is 7.54. The van der Waals surface area contributed by atoms with Crippen LogP contribution in [0.3, 0.4) is 0 Å². The highest BCUT2D eigenvalue weighted by Crippen LogP contribution is 2.41. The van der Waals surface area contributed by atoms with Crippen LogP contribution in [0, 0.1) is 17.8 Å². The van der Waals surface area contributed by atoms with Gasteiger partial charge in [-0.15, -0.1) is 11.6 Å². The number of carboxylic acid groups (broad SMARTS) is 1. The Morgan fingerprint density at radius 3 is 2.71 bits per heavy atom. The Morgan fingerprint density at radius 1 is 1.42 bits per heavy atom. The van der Waals surface area contributed by atoms with Gasteiger partial charge in [0.1, 0.15) is 11.7 Å². The Labute approximate surface area is 146 Å². The normalized spacial score (nSPS) is 19.7. The van der Waals surface area contributed by atoms with Crippen LogP contribution in [0.1, 0.15) is 24.0 Å². The molecule has 1 aromatic rings. The first-order chi connectivity index (χ1) is 11.2. The van der Waals surface area contributed by atoms with E-state index in [1.165, 1.54) is 12.1 Å². The Kier molecular flexibility index (Phi) is 5.89. The molecule has 0 saturated carbocycles. The first-order valence-corrected chi connectivity index (χ1v) is 7.98. The molecule has 130 valence electrons. The van der Waals surface area contributed by atoms with Gasteiger partial charge >= 0.3 is 12.1 Å². The largest absolute Gasteiger partial charge is 0.481 e. The highest BCUT2D eigenvalue weighted by molar-refractivity contribution is 6.30. The number of hydrogen-bond acceptors (Lipinski definition) is 2. The van der Waals surface area contributed by atoms with Gasteiger partial charge in [0.15, 0.2) is 0 Å². The monoisotopic (exact) mass is 380 g/mol. The van der Waals surface area contributed by atoms with Crippen molar-refractivity contribution in [2.24, 2.45) is 5.92 Å². The average Bonchev–Trinajstić information content (AvgIpc) is 2.49. The predicted octanol–water partition coefficient (Wildman–Crippen LogP) is 4.28. The Morgan fingerprint density at radius 2 is 2.12 bits per heavy atom. The minimum Gasteiger partial charge on any atom is -0.481 e. The highest BCUT2D eigenvalue weighted by Gasteiger charge is 2.52. The van der Waals surface area contributed by atoms with E-state index in [1.807, 2.05) is 0 Å². The second-order valence-electron chi connectivity index (χ2n) is 5.26. The SMILES string of the molecule is O=C(O)[C@@H]1Cc2cc(Cl)cc(C#CCCCCl)c2O[C@@H]1C(F)(F)F. The van der Waals surface area contributed by atoms with Crippen LogP contribution in [0.15, 0.2) is 12.1 Å². The van der Waals surface area contributed by atoms with Crippen LogP contribution in [0.4, 0.5) is 13.2 Å². The number of unbranched alkanes of at least 4 members (excludes halogenated alkanes) is 1. The lowest BCUT2D eigenvalue weighted by Crippen LogP contribution is -2.47. The summed E-state index contributed by atoms with van der Waals surface area (Å²) in [5.74, 6) is 2.60. The van der Waals surface area contributed by atoms with Gasteiger partial charge in [0.25, 0.3) is 0 Å². The molecule has 1 heterocycles. The van der Waals surface area contributed by atoms with Gasteiger partial charge in [-0.1, -0.05) is 23.4 Å². The predicted molar refractivity (Wildman–Crippen MR) is 83.6 cm³/mol. The summed E-state index contributed by atoms with van der Waals surface area (Å²) in [4.78, 5) is 11.2. The van der Waals surface area contributed by atoms with Crippen molar-refractivity contribution in [2.75, 3.05) is 5.88 Å². The van der Waals surface area contributed by atoms with E-state index < -0.39 is 24.2 Å². The molecule has 2 rings (SSSR count). The summed E-state index contributed by atoms with van der Waals surface area (Å²) in [5, 5.41) is 9.34. The van der Waals surface area contributed by atoms with Crippen LogP contribution in [-0.4, -0.2) is 29.2 Å². The van der Waals surface area contributed by atoms with E-state index in [2.05, 4.69) is 11.8 Å². The lowest BCUT2D eigenvalue weighted by Gasteiger charge is -2.33. The summed E-state index contributed by atoms with van der Waals surface area (Å²) < 4.78 is 44.5. The maximum absolute atomic E-state index is 13.1.